The fraction of sp³-hybridized carbons (Fsp3) is 0.812. The van der Waals surface area contributed by atoms with E-state index in [1.807, 2.05) is 0 Å². The molecule has 32 heavy (non-hydrogen) atoms. The van der Waals surface area contributed by atoms with E-state index < -0.39 is 0 Å². The zero-order valence-electron chi connectivity index (χ0n) is 25.0. The molecule has 0 bridgehead atoms. The molecule has 0 heteroatoms. The molecule has 0 saturated heterocycles. The predicted molar refractivity (Wildman–Crippen MR) is 153 cm³/mol. The second-order valence-electron chi connectivity index (χ2n) is 12.3. The first-order chi connectivity index (χ1) is 14.6. The third-order valence-electron chi connectivity index (χ3n) is 5.59. The van der Waals surface area contributed by atoms with Crippen molar-refractivity contribution in [2.75, 3.05) is 0 Å². The van der Waals surface area contributed by atoms with Crippen molar-refractivity contribution in [2.24, 2.45) is 40.9 Å². The van der Waals surface area contributed by atoms with Crippen molar-refractivity contribution in [3.63, 3.8) is 0 Å². The normalized spacial score (nSPS) is 12.8. The summed E-state index contributed by atoms with van der Waals surface area (Å²) in [4.78, 5) is 0. The molecule has 0 spiro atoms. The van der Waals surface area contributed by atoms with Gasteiger partial charge in [-0.2, -0.15) is 0 Å². The van der Waals surface area contributed by atoms with Gasteiger partial charge in [0.15, 0.2) is 0 Å². The van der Waals surface area contributed by atoms with Crippen LogP contribution in [0.2, 0.25) is 0 Å². The topological polar surface area (TPSA) is 0 Å². The molecule has 0 nitrogen and oxygen atoms in total. The van der Waals surface area contributed by atoms with Crippen molar-refractivity contribution in [3.8, 4) is 0 Å². The summed E-state index contributed by atoms with van der Waals surface area (Å²) in [5.41, 5.74) is 0.450. The summed E-state index contributed by atoms with van der Waals surface area (Å²) in [6.45, 7) is 31.6. The average molecular weight is 449 g/mol. The summed E-state index contributed by atoms with van der Waals surface area (Å²) >= 11 is 0. The van der Waals surface area contributed by atoms with Gasteiger partial charge >= 0.3 is 0 Å². The lowest BCUT2D eigenvalue weighted by molar-refractivity contribution is 0.253. The molecule has 0 radical (unpaired) electrons. The maximum atomic E-state index is 2.34. The number of hydrogen-bond donors (Lipinski definition) is 0. The van der Waals surface area contributed by atoms with Crippen LogP contribution < -0.4 is 0 Å². The highest BCUT2D eigenvalue weighted by atomic mass is 14.2. The molecule has 192 valence electrons. The molecule has 0 aromatic heterocycles. The van der Waals surface area contributed by atoms with Crippen LogP contribution in [0, 0.1) is 40.9 Å². The van der Waals surface area contributed by atoms with Crippen LogP contribution >= 0.6 is 0 Å². The molecule has 0 heterocycles. The molecule has 0 aromatic rings. The van der Waals surface area contributed by atoms with Gasteiger partial charge in [-0.15, -0.1) is 0 Å². The summed E-state index contributed by atoms with van der Waals surface area (Å²) in [6.07, 6.45) is 20.1. The molecule has 0 amide bonds. The van der Waals surface area contributed by atoms with Gasteiger partial charge in [-0.25, -0.2) is 0 Å². The fourth-order valence-corrected chi connectivity index (χ4v) is 2.48. The molecule has 0 N–H and O–H groups in total. The van der Waals surface area contributed by atoms with Gasteiger partial charge in [0.25, 0.3) is 0 Å². The second kappa shape index (κ2) is 22.0. The first-order valence-corrected chi connectivity index (χ1v) is 13.6. The van der Waals surface area contributed by atoms with Crippen LogP contribution in [0.15, 0.2) is 36.5 Å². The maximum Gasteiger partial charge on any atom is -0.0290 e. The molecule has 0 aliphatic carbocycles. The molecule has 0 aliphatic heterocycles. The van der Waals surface area contributed by atoms with Gasteiger partial charge in [-0.05, 0) is 73.0 Å². The van der Waals surface area contributed by atoms with E-state index in [0.29, 0.717) is 23.2 Å². The van der Waals surface area contributed by atoms with E-state index in [9.17, 15) is 0 Å². The molecule has 0 atom stereocenters. The minimum Gasteiger partial charge on any atom is -0.0883 e. The summed E-state index contributed by atoms with van der Waals surface area (Å²) < 4.78 is 0. The van der Waals surface area contributed by atoms with Crippen molar-refractivity contribution in [2.45, 2.75) is 129 Å². The smallest absolute Gasteiger partial charge is 0.0290 e. The number of allylic oxidation sites excluding steroid dienone is 6. The predicted octanol–water partition coefficient (Wildman–Crippen LogP) is 11.5. The Kier molecular flexibility index (Phi) is 24.7. The molecule has 0 aromatic carbocycles. The Morgan fingerprint density at radius 2 is 0.812 bits per heavy atom. The number of rotatable bonds is 12. The minimum absolute atomic E-state index is 0.450. The maximum absolute atomic E-state index is 2.34. The molecular weight excluding hydrogens is 384 g/mol. The highest BCUT2D eigenvalue weighted by Crippen LogP contribution is 2.30. The quantitative estimate of drug-likeness (QED) is 0.260. The van der Waals surface area contributed by atoms with Gasteiger partial charge < -0.3 is 0 Å². The summed E-state index contributed by atoms with van der Waals surface area (Å²) in [7, 11) is 0. The zero-order valence-corrected chi connectivity index (χ0v) is 25.0. The lowest BCUT2D eigenvalue weighted by atomic mass is 9.78. The monoisotopic (exact) mass is 449 g/mol. The lowest BCUT2D eigenvalue weighted by Gasteiger charge is -2.27. The first-order valence-electron chi connectivity index (χ1n) is 13.6. The van der Waals surface area contributed by atoms with Crippen LogP contribution in [-0.2, 0) is 0 Å². The SMILES string of the molecule is CC(C)/C=C/CC(C)(C)C(C)C.CC(C)/C=C/CCC(C)C.CC(C)/C=C\CCC(C)C. The van der Waals surface area contributed by atoms with E-state index >= 15 is 0 Å². The zero-order chi connectivity index (χ0) is 25.7. The van der Waals surface area contributed by atoms with Gasteiger partial charge in [0.1, 0.15) is 0 Å². The summed E-state index contributed by atoms with van der Waals surface area (Å²) in [5, 5.41) is 0. The van der Waals surface area contributed by atoms with Crippen LogP contribution in [0.25, 0.3) is 0 Å². The van der Waals surface area contributed by atoms with E-state index in [-0.39, 0.29) is 0 Å². The van der Waals surface area contributed by atoms with Crippen LogP contribution in [-0.4, -0.2) is 0 Å². The first kappa shape index (κ1) is 35.8. The molecule has 0 fully saturated rings. The minimum atomic E-state index is 0.450. The standard InChI is InChI=1S/C12H24.2C10H20/c1-10(2)8-7-9-12(5,6)11(3)4;2*1-9(2)7-5-6-8-10(3)4/h7-8,10-11H,9H2,1-6H3;2*5,7,9-10H,6,8H2,1-4H3/b8-7+;7-5+;7-5-. The Morgan fingerprint density at radius 1 is 0.500 bits per heavy atom. The van der Waals surface area contributed by atoms with E-state index in [4.69, 9.17) is 0 Å². The van der Waals surface area contributed by atoms with Crippen molar-refractivity contribution in [1.29, 1.82) is 0 Å². The second-order valence-corrected chi connectivity index (χ2v) is 12.3. The fourth-order valence-electron chi connectivity index (χ4n) is 2.48. The van der Waals surface area contributed by atoms with E-state index in [0.717, 1.165) is 17.8 Å². The highest BCUT2D eigenvalue weighted by molar-refractivity contribution is 4.90. The van der Waals surface area contributed by atoms with Gasteiger partial charge in [0.05, 0.1) is 0 Å². The van der Waals surface area contributed by atoms with Gasteiger partial charge in [-0.1, -0.05) is 133 Å². The molecule has 0 unspecified atom stereocenters. The largest absolute Gasteiger partial charge is 0.0883 e. The molecule has 0 aliphatic rings. The Morgan fingerprint density at radius 3 is 1.06 bits per heavy atom. The summed E-state index contributed by atoms with van der Waals surface area (Å²) in [6, 6.07) is 0. The highest BCUT2D eigenvalue weighted by Gasteiger charge is 2.19. The van der Waals surface area contributed by atoms with Crippen molar-refractivity contribution in [1.82, 2.24) is 0 Å². The Bertz CT molecular complexity index is 426. The van der Waals surface area contributed by atoms with Crippen LogP contribution in [0.1, 0.15) is 129 Å². The van der Waals surface area contributed by atoms with Crippen LogP contribution in [0.3, 0.4) is 0 Å². The Balaban J connectivity index is -0.000000397. The van der Waals surface area contributed by atoms with Gasteiger partial charge in [-0.3, -0.25) is 0 Å². The van der Waals surface area contributed by atoms with E-state index in [1.165, 1.54) is 32.1 Å². The van der Waals surface area contributed by atoms with Gasteiger partial charge in [0.2, 0.25) is 0 Å². The third kappa shape index (κ3) is 33.8. The third-order valence-corrected chi connectivity index (χ3v) is 5.59. The molecule has 0 saturated carbocycles. The van der Waals surface area contributed by atoms with Crippen LogP contribution in [0.4, 0.5) is 0 Å². The van der Waals surface area contributed by atoms with E-state index in [2.05, 4.69) is 133 Å². The van der Waals surface area contributed by atoms with Crippen LogP contribution in [0.5, 0.6) is 0 Å². The van der Waals surface area contributed by atoms with Gasteiger partial charge in [0, 0.05) is 0 Å². The number of hydrogen-bond acceptors (Lipinski definition) is 0. The van der Waals surface area contributed by atoms with Crippen molar-refractivity contribution >= 4 is 0 Å². The lowest BCUT2D eigenvalue weighted by Crippen LogP contribution is -2.17. The Labute approximate surface area is 206 Å². The van der Waals surface area contributed by atoms with Crippen molar-refractivity contribution in [3.05, 3.63) is 36.5 Å². The Hall–Kier alpha value is -0.780. The van der Waals surface area contributed by atoms with E-state index in [1.54, 1.807) is 0 Å². The summed E-state index contributed by atoms with van der Waals surface area (Å²) in [5.74, 6) is 4.57. The molecule has 0 rings (SSSR count). The average Bonchev–Trinajstić information content (AvgIpc) is 2.62. The van der Waals surface area contributed by atoms with Crippen molar-refractivity contribution < 1.29 is 0 Å². The molecular formula is C32H64.